The Hall–Kier alpha value is -1.15. The van der Waals surface area contributed by atoms with Crippen molar-refractivity contribution in [2.75, 3.05) is 0 Å². The first-order chi connectivity index (χ1) is 6.04. The number of thioether (sulfide) groups is 1. The highest BCUT2D eigenvalue weighted by Crippen LogP contribution is 2.30. The molecule has 0 unspecified atom stereocenters. The summed E-state index contributed by atoms with van der Waals surface area (Å²) in [6.07, 6.45) is -4.31. The van der Waals surface area contributed by atoms with Crippen LogP contribution in [0.25, 0.3) is 0 Å². The molecule has 0 amide bonds. The number of nitriles is 1. The van der Waals surface area contributed by atoms with Gasteiger partial charge in [0.2, 0.25) is 0 Å². The summed E-state index contributed by atoms with van der Waals surface area (Å²) >= 11 is 0.833. The Balaban J connectivity index is 2.89. The molecule has 1 aromatic carbocycles. The zero-order valence-electron chi connectivity index (χ0n) is 6.30. The van der Waals surface area contributed by atoms with Crippen molar-refractivity contribution in [2.45, 2.75) is 11.1 Å². The van der Waals surface area contributed by atoms with Crippen LogP contribution in [0.15, 0.2) is 29.2 Å². The molecule has 13 heavy (non-hydrogen) atoms. The van der Waals surface area contributed by atoms with Gasteiger partial charge in [-0.1, -0.05) is 0 Å². The van der Waals surface area contributed by atoms with Gasteiger partial charge in [-0.2, -0.15) is 18.4 Å². The van der Waals surface area contributed by atoms with Crippen LogP contribution < -0.4 is 0 Å². The van der Waals surface area contributed by atoms with Crippen LogP contribution in [-0.4, -0.2) is 0 Å². The SMILES string of the molecule is N#CSc1ccc(C(F)(F)F)cc1. The van der Waals surface area contributed by atoms with Crippen LogP contribution in [0.4, 0.5) is 13.2 Å². The maximum absolute atomic E-state index is 12.0. The lowest BCUT2D eigenvalue weighted by atomic mass is 10.2. The minimum atomic E-state index is -4.31. The topological polar surface area (TPSA) is 23.8 Å². The lowest BCUT2D eigenvalue weighted by molar-refractivity contribution is -0.137. The average molecular weight is 203 g/mol. The third kappa shape index (κ3) is 2.67. The zero-order chi connectivity index (χ0) is 9.90. The third-order valence-corrected chi connectivity index (χ3v) is 1.94. The van der Waals surface area contributed by atoms with E-state index >= 15 is 0 Å². The summed E-state index contributed by atoms with van der Waals surface area (Å²) < 4.78 is 36.1. The Labute approximate surface area is 77.2 Å². The first-order valence-corrected chi connectivity index (χ1v) is 4.09. The number of hydrogen-bond acceptors (Lipinski definition) is 2. The molecule has 0 fully saturated rings. The second-order valence-corrected chi connectivity index (χ2v) is 3.07. The summed E-state index contributed by atoms with van der Waals surface area (Å²) in [6.45, 7) is 0. The number of nitrogens with zero attached hydrogens (tertiary/aromatic N) is 1. The Morgan fingerprint density at radius 2 is 1.69 bits per heavy atom. The number of halogens is 3. The Kier molecular flexibility index (Phi) is 2.83. The van der Waals surface area contributed by atoms with E-state index in [0.29, 0.717) is 4.90 Å². The number of benzene rings is 1. The fourth-order valence-electron chi connectivity index (χ4n) is 0.765. The second kappa shape index (κ2) is 3.71. The van der Waals surface area contributed by atoms with E-state index < -0.39 is 11.7 Å². The molecule has 0 saturated heterocycles. The molecule has 0 spiro atoms. The predicted octanol–water partition coefficient (Wildman–Crippen LogP) is 3.28. The van der Waals surface area contributed by atoms with E-state index in [9.17, 15) is 13.2 Å². The molecule has 0 N–H and O–H groups in total. The van der Waals surface area contributed by atoms with Crippen LogP contribution in [-0.2, 0) is 6.18 Å². The van der Waals surface area contributed by atoms with Crippen LogP contribution >= 0.6 is 11.8 Å². The van der Waals surface area contributed by atoms with Crippen molar-refractivity contribution in [3.05, 3.63) is 29.8 Å². The van der Waals surface area contributed by atoms with Crippen LogP contribution in [0, 0.1) is 10.7 Å². The number of hydrogen-bond donors (Lipinski definition) is 0. The highest BCUT2D eigenvalue weighted by atomic mass is 32.2. The lowest BCUT2D eigenvalue weighted by Crippen LogP contribution is -2.03. The molecule has 5 heteroatoms. The van der Waals surface area contributed by atoms with Gasteiger partial charge in [0, 0.05) is 4.90 Å². The molecule has 0 atom stereocenters. The molecule has 68 valence electrons. The normalized spacial score (nSPS) is 10.9. The molecular formula is C8H4F3NS. The van der Waals surface area contributed by atoms with Gasteiger partial charge in [0.25, 0.3) is 0 Å². The van der Waals surface area contributed by atoms with Crippen molar-refractivity contribution in [1.82, 2.24) is 0 Å². The fraction of sp³-hybridized carbons (Fsp3) is 0.125. The molecule has 1 aromatic rings. The summed E-state index contributed by atoms with van der Waals surface area (Å²) in [7, 11) is 0. The van der Waals surface area contributed by atoms with Crippen molar-refractivity contribution in [3.8, 4) is 5.40 Å². The van der Waals surface area contributed by atoms with Crippen molar-refractivity contribution in [1.29, 1.82) is 5.26 Å². The Morgan fingerprint density at radius 1 is 1.15 bits per heavy atom. The molecule has 0 aromatic heterocycles. The van der Waals surface area contributed by atoms with Gasteiger partial charge in [-0.3, -0.25) is 0 Å². The fourth-order valence-corrected chi connectivity index (χ4v) is 1.14. The zero-order valence-corrected chi connectivity index (χ0v) is 7.12. The van der Waals surface area contributed by atoms with Crippen LogP contribution in [0.5, 0.6) is 0 Å². The van der Waals surface area contributed by atoms with E-state index in [0.717, 1.165) is 23.9 Å². The van der Waals surface area contributed by atoms with Gasteiger partial charge in [-0.05, 0) is 36.0 Å². The standard InChI is InChI=1S/C8H4F3NS/c9-8(10,11)6-1-3-7(4-2-6)13-5-12/h1-4H. The molecule has 0 aliphatic heterocycles. The van der Waals surface area contributed by atoms with E-state index in [1.807, 2.05) is 0 Å². The Bertz CT molecular complexity index is 323. The average Bonchev–Trinajstić information content (AvgIpc) is 2.04. The monoisotopic (exact) mass is 203 g/mol. The van der Waals surface area contributed by atoms with Crippen LogP contribution in [0.1, 0.15) is 5.56 Å². The molecule has 1 nitrogen and oxygen atoms in total. The Morgan fingerprint density at radius 3 is 2.08 bits per heavy atom. The second-order valence-electron chi connectivity index (χ2n) is 2.22. The third-order valence-electron chi connectivity index (χ3n) is 1.35. The summed E-state index contributed by atoms with van der Waals surface area (Å²) in [5, 5.41) is 10.0. The quantitative estimate of drug-likeness (QED) is 0.516. The minimum Gasteiger partial charge on any atom is -0.185 e. The molecule has 0 aliphatic rings. The van der Waals surface area contributed by atoms with Crippen molar-refractivity contribution in [3.63, 3.8) is 0 Å². The summed E-state index contributed by atoms with van der Waals surface area (Å²) in [4.78, 5) is 0.510. The molecule has 0 heterocycles. The van der Waals surface area contributed by atoms with E-state index in [1.165, 1.54) is 12.1 Å². The smallest absolute Gasteiger partial charge is 0.185 e. The molecule has 0 radical (unpaired) electrons. The van der Waals surface area contributed by atoms with E-state index in [-0.39, 0.29) is 0 Å². The lowest BCUT2D eigenvalue weighted by Gasteiger charge is -2.05. The maximum Gasteiger partial charge on any atom is 0.416 e. The highest BCUT2D eigenvalue weighted by molar-refractivity contribution is 8.03. The summed E-state index contributed by atoms with van der Waals surface area (Å²) in [5.74, 6) is 0. The van der Waals surface area contributed by atoms with Gasteiger partial charge in [-0.15, -0.1) is 0 Å². The first-order valence-electron chi connectivity index (χ1n) is 3.27. The van der Waals surface area contributed by atoms with E-state index in [2.05, 4.69) is 0 Å². The van der Waals surface area contributed by atoms with Crippen LogP contribution in [0.2, 0.25) is 0 Å². The molecule has 0 aliphatic carbocycles. The molecule has 1 rings (SSSR count). The van der Waals surface area contributed by atoms with Gasteiger partial charge in [0.05, 0.1) is 5.56 Å². The predicted molar refractivity (Wildman–Crippen MR) is 42.9 cm³/mol. The summed E-state index contributed by atoms with van der Waals surface area (Å²) in [6, 6.07) is 4.47. The van der Waals surface area contributed by atoms with Crippen LogP contribution in [0.3, 0.4) is 0 Å². The van der Waals surface area contributed by atoms with Crippen molar-refractivity contribution < 1.29 is 13.2 Å². The van der Waals surface area contributed by atoms with Crippen molar-refractivity contribution in [2.24, 2.45) is 0 Å². The highest BCUT2D eigenvalue weighted by Gasteiger charge is 2.29. The number of thiocyanates is 1. The van der Waals surface area contributed by atoms with Gasteiger partial charge in [0.15, 0.2) is 0 Å². The number of rotatable bonds is 1. The van der Waals surface area contributed by atoms with E-state index in [4.69, 9.17) is 5.26 Å². The number of alkyl halides is 3. The van der Waals surface area contributed by atoms with Gasteiger partial charge < -0.3 is 0 Å². The molecule has 0 bridgehead atoms. The van der Waals surface area contributed by atoms with Gasteiger partial charge >= 0.3 is 6.18 Å². The maximum atomic E-state index is 12.0. The van der Waals surface area contributed by atoms with Crippen molar-refractivity contribution >= 4 is 11.8 Å². The van der Waals surface area contributed by atoms with Gasteiger partial charge in [0.1, 0.15) is 5.40 Å². The first kappa shape index (κ1) is 9.93. The van der Waals surface area contributed by atoms with Gasteiger partial charge in [-0.25, -0.2) is 0 Å². The minimum absolute atomic E-state index is 0.510. The van der Waals surface area contributed by atoms with E-state index in [1.54, 1.807) is 5.40 Å². The largest absolute Gasteiger partial charge is 0.416 e. The summed E-state index contributed by atoms with van der Waals surface area (Å²) in [5.41, 5.74) is -0.699. The molecule has 0 saturated carbocycles. The molecular weight excluding hydrogens is 199 g/mol.